The van der Waals surface area contributed by atoms with Crippen LogP contribution in [0.5, 0.6) is 5.75 Å². The second kappa shape index (κ2) is 10.5. The van der Waals surface area contributed by atoms with Crippen molar-refractivity contribution in [2.75, 3.05) is 18.0 Å². The van der Waals surface area contributed by atoms with Crippen molar-refractivity contribution in [2.45, 2.75) is 24.4 Å². The fourth-order valence-electron chi connectivity index (χ4n) is 4.64. The number of hydrogen-bond donors (Lipinski definition) is 0. The molecule has 1 amide bonds. The van der Waals surface area contributed by atoms with E-state index in [-0.39, 0.29) is 17.3 Å². The normalized spacial score (nSPS) is 13.1. The third kappa shape index (κ3) is 5.08. The number of para-hydroxylation sites is 1. The van der Waals surface area contributed by atoms with E-state index in [4.69, 9.17) is 4.74 Å². The first-order valence-electron chi connectivity index (χ1n) is 12.1. The molecule has 0 atom stereocenters. The maximum absolute atomic E-state index is 14.0. The first kappa shape index (κ1) is 24.6. The third-order valence-electron chi connectivity index (χ3n) is 6.64. The molecule has 0 radical (unpaired) electrons. The first-order valence-corrected chi connectivity index (χ1v) is 13.6. The van der Waals surface area contributed by atoms with Crippen molar-refractivity contribution in [3.63, 3.8) is 0 Å². The van der Waals surface area contributed by atoms with Crippen LogP contribution in [0.3, 0.4) is 0 Å². The third-order valence-corrected chi connectivity index (χ3v) is 8.41. The molecule has 4 aromatic rings. The van der Waals surface area contributed by atoms with Gasteiger partial charge in [0.2, 0.25) is 0 Å². The van der Waals surface area contributed by atoms with E-state index >= 15 is 0 Å². The molecule has 0 aliphatic carbocycles. The van der Waals surface area contributed by atoms with Crippen molar-refractivity contribution in [3.8, 4) is 5.75 Å². The number of hydrogen-bond acceptors (Lipinski definition) is 4. The summed E-state index contributed by atoms with van der Waals surface area (Å²) in [5.74, 6) is 0.377. The van der Waals surface area contributed by atoms with Gasteiger partial charge in [-0.25, -0.2) is 8.42 Å². The number of methoxy groups -OCH3 is 1. The molecular formula is C30H28N2O4S. The van der Waals surface area contributed by atoms with Gasteiger partial charge in [-0.05, 0) is 59.5 Å². The quantitative estimate of drug-likeness (QED) is 0.338. The van der Waals surface area contributed by atoms with Gasteiger partial charge in [-0.3, -0.25) is 9.10 Å². The Bertz CT molecular complexity index is 1500. The summed E-state index contributed by atoms with van der Waals surface area (Å²) in [6, 6.07) is 30.7. The number of benzene rings is 4. The van der Waals surface area contributed by atoms with Crippen molar-refractivity contribution in [1.82, 2.24) is 4.90 Å². The minimum Gasteiger partial charge on any atom is -0.497 e. The monoisotopic (exact) mass is 512 g/mol. The highest BCUT2D eigenvalue weighted by molar-refractivity contribution is 7.92. The van der Waals surface area contributed by atoms with Gasteiger partial charge >= 0.3 is 0 Å². The highest BCUT2D eigenvalue weighted by Crippen LogP contribution is 2.32. The van der Waals surface area contributed by atoms with E-state index in [1.165, 1.54) is 29.1 Å². The largest absolute Gasteiger partial charge is 0.497 e. The molecule has 1 aliphatic heterocycles. The molecule has 188 valence electrons. The fraction of sp³-hybridized carbons (Fsp3) is 0.167. The zero-order valence-corrected chi connectivity index (χ0v) is 21.4. The van der Waals surface area contributed by atoms with Gasteiger partial charge < -0.3 is 9.64 Å². The Morgan fingerprint density at radius 2 is 1.49 bits per heavy atom. The Hall–Kier alpha value is -4.10. The SMILES string of the molecule is COc1ccc(S(=O)(=O)N(Cc2ccccc2)c2ccccc2C(=O)N2CCc3ccccc3C2)cc1. The highest BCUT2D eigenvalue weighted by Gasteiger charge is 2.31. The topological polar surface area (TPSA) is 66.9 Å². The average molecular weight is 513 g/mol. The number of sulfonamides is 1. The van der Waals surface area contributed by atoms with E-state index in [0.717, 1.165) is 17.5 Å². The molecule has 1 heterocycles. The fourth-order valence-corrected chi connectivity index (χ4v) is 6.11. The van der Waals surface area contributed by atoms with Crippen LogP contribution < -0.4 is 9.04 Å². The summed E-state index contributed by atoms with van der Waals surface area (Å²) in [6.07, 6.45) is 0.766. The van der Waals surface area contributed by atoms with Crippen LogP contribution in [0.25, 0.3) is 0 Å². The number of rotatable bonds is 7. The van der Waals surface area contributed by atoms with Crippen molar-refractivity contribution in [1.29, 1.82) is 0 Å². The van der Waals surface area contributed by atoms with Crippen molar-refractivity contribution >= 4 is 21.6 Å². The van der Waals surface area contributed by atoms with Gasteiger partial charge in [0.1, 0.15) is 5.75 Å². The van der Waals surface area contributed by atoms with Gasteiger partial charge in [0.15, 0.2) is 0 Å². The van der Waals surface area contributed by atoms with Crippen LogP contribution in [0.4, 0.5) is 5.69 Å². The van der Waals surface area contributed by atoms with Crippen LogP contribution in [0, 0.1) is 0 Å². The summed E-state index contributed by atoms with van der Waals surface area (Å²) in [5.41, 5.74) is 3.88. The van der Waals surface area contributed by atoms with Crippen LogP contribution in [0.15, 0.2) is 108 Å². The van der Waals surface area contributed by atoms with E-state index in [0.29, 0.717) is 30.1 Å². The molecule has 5 rings (SSSR count). The van der Waals surface area contributed by atoms with Crippen LogP contribution in [0.2, 0.25) is 0 Å². The van der Waals surface area contributed by atoms with Gasteiger partial charge in [-0.15, -0.1) is 0 Å². The molecule has 0 unspecified atom stereocenters. The Morgan fingerprint density at radius 3 is 2.22 bits per heavy atom. The van der Waals surface area contributed by atoms with Gasteiger partial charge in [-0.1, -0.05) is 66.7 Å². The highest BCUT2D eigenvalue weighted by atomic mass is 32.2. The standard InChI is InChI=1S/C30H28N2O4S/c1-36-26-15-17-27(18-16-26)37(34,35)32(21-23-9-3-2-4-10-23)29-14-8-7-13-28(29)30(33)31-20-19-24-11-5-6-12-25(24)22-31/h2-18H,19-22H2,1H3. The van der Waals surface area contributed by atoms with Crippen LogP contribution in [0.1, 0.15) is 27.0 Å². The molecule has 0 saturated heterocycles. The summed E-state index contributed by atoms with van der Waals surface area (Å²) < 4.78 is 34.6. The van der Waals surface area contributed by atoms with Crippen molar-refractivity contribution in [2.24, 2.45) is 0 Å². The molecule has 6 nitrogen and oxygen atoms in total. The minimum absolute atomic E-state index is 0.0856. The van der Waals surface area contributed by atoms with E-state index in [1.807, 2.05) is 48.5 Å². The molecule has 0 aromatic heterocycles. The second-order valence-corrected chi connectivity index (χ2v) is 10.8. The summed E-state index contributed by atoms with van der Waals surface area (Å²) in [4.78, 5) is 15.7. The van der Waals surface area contributed by atoms with E-state index < -0.39 is 10.0 Å². The number of ether oxygens (including phenoxy) is 1. The molecule has 0 saturated carbocycles. The lowest BCUT2D eigenvalue weighted by Crippen LogP contribution is -2.38. The molecule has 37 heavy (non-hydrogen) atoms. The molecule has 7 heteroatoms. The van der Waals surface area contributed by atoms with Crippen LogP contribution >= 0.6 is 0 Å². The van der Waals surface area contributed by atoms with E-state index in [1.54, 1.807) is 41.3 Å². The smallest absolute Gasteiger partial charge is 0.264 e. The van der Waals surface area contributed by atoms with Gasteiger partial charge in [0.25, 0.3) is 15.9 Å². The van der Waals surface area contributed by atoms with E-state index in [2.05, 4.69) is 6.07 Å². The Morgan fingerprint density at radius 1 is 0.838 bits per heavy atom. The first-order chi connectivity index (χ1) is 18.0. The number of carbonyl (C=O) groups excluding carboxylic acids is 1. The minimum atomic E-state index is -4.01. The maximum atomic E-state index is 14.0. The number of carbonyl (C=O) groups is 1. The lowest BCUT2D eigenvalue weighted by molar-refractivity contribution is 0.0735. The van der Waals surface area contributed by atoms with E-state index in [9.17, 15) is 13.2 Å². The molecule has 0 fully saturated rings. The summed E-state index contributed by atoms with van der Waals surface area (Å²) in [5, 5.41) is 0. The zero-order valence-electron chi connectivity index (χ0n) is 20.6. The van der Waals surface area contributed by atoms with Crippen molar-refractivity contribution in [3.05, 3.63) is 125 Å². The van der Waals surface area contributed by atoms with Crippen LogP contribution in [-0.4, -0.2) is 32.9 Å². The molecule has 0 N–H and O–H groups in total. The predicted molar refractivity (Wildman–Crippen MR) is 144 cm³/mol. The molecule has 4 aromatic carbocycles. The van der Waals surface area contributed by atoms with Gasteiger partial charge in [0, 0.05) is 13.1 Å². The van der Waals surface area contributed by atoms with Gasteiger partial charge in [-0.2, -0.15) is 0 Å². The summed E-state index contributed by atoms with van der Waals surface area (Å²) >= 11 is 0. The molecule has 0 spiro atoms. The van der Waals surface area contributed by atoms with Crippen molar-refractivity contribution < 1.29 is 17.9 Å². The molecule has 0 bridgehead atoms. The number of nitrogens with zero attached hydrogens (tertiary/aromatic N) is 2. The average Bonchev–Trinajstić information content (AvgIpc) is 2.96. The van der Waals surface area contributed by atoms with Gasteiger partial charge in [0.05, 0.1) is 29.8 Å². The number of amides is 1. The maximum Gasteiger partial charge on any atom is 0.264 e. The number of anilines is 1. The predicted octanol–water partition coefficient (Wildman–Crippen LogP) is 5.29. The Balaban J connectivity index is 1.56. The lowest BCUT2D eigenvalue weighted by Gasteiger charge is -2.31. The molecular weight excluding hydrogens is 484 g/mol. The van der Waals surface area contributed by atoms with Crippen LogP contribution in [-0.2, 0) is 29.5 Å². The summed E-state index contributed by atoms with van der Waals surface area (Å²) in [6.45, 7) is 1.16. The lowest BCUT2D eigenvalue weighted by atomic mass is 9.99. The summed E-state index contributed by atoms with van der Waals surface area (Å²) in [7, 11) is -2.47. The number of fused-ring (bicyclic) bond motifs is 1. The Kier molecular flexibility index (Phi) is 6.97. The Labute approximate surface area is 217 Å². The second-order valence-electron chi connectivity index (χ2n) is 8.94. The molecule has 1 aliphatic rings. The zero-order chi connectivity index (χ0) is 25.8.